The summed E-state index contributed by atoms with van der Waals surface area (Å²) >= 11 is 0. The quantitative estimate of drug-likeness (QED) is 0.504. The molecule has 0 spiro atoms. The van der Waals surface area contributed by atoms with Gasteiger partial charge < -0.3 is 24.3 Å². The highest BCUT2D eigenvalue weighted by molar-refractivity contribution is 5.90. The number of hydrogen-bond acceptors (Lipinski definition) is 8. The molecule has 2 aromatic heterocycles. The number of hydrogen-bond donors (Lipinski definition) is 1. The van der Waals surface area contributed by atoms with Crippen LogP contribution in [0.5, 0.6) is 17.4 Å². The first kappa shape index (κ1) is 22.1. The molecule has 1 aromatic carbocycles. The van der Waals surface area contributed by atoms with Crippen LogP contribution in [0.25, 0.3) is 11.0 Å². The lowest BCUT2D eigenvalue weighted by Gasteiger charge is -2.21. The van der Waals surface area contributed by atoms with Crippen LogP contribution in [0.1, 0.15) is 12.0 Å². The number of rotatable bonds is 8. The first-order valence-electron chi connectivity index (χ1n) is 11.2. The van der Waals surface area contributed by atoms with Gasteiger partial charge in [0.25, 0.3) is 0 Å². The molecule has 1 atom stereocenters. The Bertz CT molecular complexity index is 1210. The van der Waals surface area contributed by atoms with Gasteiger partial charge in [0.15, 0.2) is 11.5 Å². The summed E-state index contributed by atoms with van der Waals surface area (Å²) < 4.78 is 36.2. The van der Waals surface area contributed by atoms with Crippen molar-refractivity contribution < 1.29 is 28.1 Å². The highest BCUT2D eigenvalue weighted by atomic mass is 19.1. The van der Waals surface area contributed by atoms with E-state index in [-0.39, 0.29) is 11.9 Å². The van der Waals surface area contributed by atoms with Crippen LogP contribution in [0.2, 0.25) is 0 Å². The predicted molar refractivity (Wildman–Crippen MR) is 122 cm³/mol. The van der Waals surface area contributed by atoms with Gasteiger partial charge in [-0.2, -0.15) is 0 Å². The number of pyridine rings is 2. The van der Waals surface area contributed by atoms with Crippen LogP contribution in [0.3, 0.4) is 0 Å². The second kappa shape index (κ2) is 9.68. The van der Waals surface area contributed by atoms with Gasteiger partial charge in [-0.3, -0.25) is 9.88 Å². The third-order valence-corrected chi connectivity index (χ3v) is 5.81. The Morgan fingerprint density at radius 3 is 2.91 bits per heavy atom. The van der Waals surface area contributed by atoms with Crippen LogP contribution < -0.4 is 24.4 Å². The number of amides is 1. The molecule has 1 fully saturated rings. The van der Waals surface area contributed by atoms with E-state index < -0.39 is 6.09 Å². The maximum Gasteiger partial charge on any atom is 0.414 e. The summed E-state index contributed by atoms with van der Waals surface area (Å²) in [5.74, 6) is 1.34. The van der Waals surface area contributed by atoms with E-state index >= 15 is 0 Å². The fraction of sp³-hybridized carbons (Fsp3) is 0.375. The summed E-state index contributed by atoms with van der Waals surface area (Å²) in [5.41, 5.74) is 2.36. The van der Waals surface area contributed by atoms with Gasteiger partial charge in [-0.15, -0.1) is 0 Å². The van der Waals surface area contributed by atoms with E-state index in [2.05, 4.69) is 15.3 Å². The van der Waals surface area contributed by atoms with Crippen molar-refractivity contribution in [3.05, 3.63) is 47.9 Å². The maximum atomic E-state index is 14.4. The Morgan fingerprint density at radius 1 is 1.21 bits per heavy atom. The molecule has 9 nitrogen and oxygen atoms in total. The van der Waals surface area contributed by atoms with E-state index in [0.717, 1.165) is 0 Å². The summed E-state index contributed by atoms with van der Waals surface area (Å²) in [6, 6.07) is 8.89. The minimum atomic E-state index is -0.395. The molecule has 178 valence electrons. The number of aromatic nitrogens is 2. The van der Waals surface area contributed by atoms with Gasteiger partial charge in [-0.25, -0.2) is 14.2 Å². The Morgan fingerprint density at radius 2 is 2.06 bits per heavy atom. The summed E-state index contributed by atoms with van der Waals surface area (Å²) in [6.07, 6.45) is 1.72. The number of ether oxygens (including phenoxy) is 4. The van der Waals surface area contributed by atoms with Crippen molar-refractivity contribution in [2.75, 3.05) is 44.9 Å². The van der Waals surface area contributed by atoms with Gasteiger partial charge in [-0.05, 0) is 37.6 Å². The van der Waals surface area contributed by atoms with E-state index in [1.165, 1.54) is 13.3 Å². The zero-order valence-corrected chi connectivity index (χ0v) is 18.8. The predicted octanol–water partition coefficient (Wildman–Crippen LogP) is 3.10. The minimum absolute atomic E-state index is 0.287. The van der Waals surface area contributed by atoms with Crippen LogP contribution in [0.15, 0.2) is 36.5 Å². The molecular formula is C24H25FN4O5. The SMILES string of the molecule is COc1ccc2ncc(F)c(CCCNCC3CN(c4ccc5c(c4)OCCO5)C(=O)O3)c2n1. The summed E-state index contributed by atoms with van der Waals surface area (Å²) in [5, 5.41) is 3.30. The number of halogens is 1. The van der Waals surface area contributed by atoms with Crippen molar-refractivity contribution in [1.82, 2.24) is 15.3 Å². The number of aryl methyl sites for hydroxylation is 1. The smallest absolute Gasteiger partial charge is 0.414 e. The number of cyclic esters (lactones) is 1. The molecule has 34 heavy (non-hydrogen) atoms. The number of anilines is 1. The molecule has 1 amide bonds. The van der Waals surface area contributed by atoms with Crippen molar-refractivity contribution in [2.45, 2.75) is 18.9 Å². The van der Waals surface area contributed by atoms with Gasteiger partial charge >= 0.3 is 6.09 Å². The molecule has 10 heteroatoms. The lowest BCUT2D eigenvalue weighted by molar-refractivity contribution is 0.140. The fourth-order valence-electron chi connectivity index (χ4n) is 4.12. The number of fused-ring (bicyclic) bond motifs is 2. The summed E-state index contributed by atoms with van der Waals surface area (Å²) in [4.78, 5) is 22.4. The van der Waals surface area contributed by atoms with Crippen LogP contribution in [-0.2, 0) is 11.2 Å². The molecule has 4 heterocycles. The summed E-state index contributed by atoms with van der Waals surface area (Å²) in [6.45, 7) is 2.55. The number of carbonyl (C=O) groups excluding carboxylic acids is 1. The third-order valence-electron chi connectivity index (χ3n) is 5.81. The van der Waals surface area contributed by atoms with Gasteiger partial charge in [0.2, 0.25) is 5.88 Å². The number of nitrogens with one attached hydrogen (secondary N) is 1. The molecule has 2 aliphatic rings. The molecule has 2 aliphatic heterocycles. The zero-order chi connectivity index (χ0) is 23.5. The Labute approximate surface area is 195 Å². The Hall–Kier alpha value is -3.66. The highest BCUT2D eigenvalue weighted by Gasteiger charge is 2.32. The van der Waals surface area contributed by atoms with Crippen LogP contribution >= 0.6 is 0 Å². The molecular weight excluding hydrogens is 443 g/mol. The van der Waals surface area contributed by atoms with E-state index in [1.54, 1.807) is 29.2 Å². The summed E-state index contributed by atoms with van der Waals surface area (Å²) in [7, 11) is 1.52. The molecule has 1 N–H and O–H groups in total. The molecule has 0 saturated carbocycles. The third kappa shape index (κ3) is 4.54. The average molecular weight is 468 g/mol. The molecule has 3 aromatic rings. The Kier molecular flexibility index (Phi) is 6.31. The monoisotopic (exact) mass is 468 g/mol. The minimum Gasteiger partial charge on any atom is -0.486 e. The van der Waals surface area contributed by atoms with E-state index in [1.807, 2.05) is 6.07 Å². The lowest BCUT2D eigenvalue weighted by Crippen LogP contribution is -2.31. The van der Waals surface area contributed by atoms with Crippen molar-refractivity contribution in [2.24, 2.45) is 0 Å². The molecule has 0 aliphatic carbocycles. The van der Waals surface area contributed by atoms with Crippen LogP contribution in [-0.4, -0.2) is 62.1 Å². The largest absolute Gasteiger partial charge is 0.486 e. The highest BCUT2D eigenvalue weighted by Crippen LogP contribution is 2.35. The zero-order valence-electron chi connectivity index (χ0n) is 18.8. The number of benzene rings is 1. The van der Waals surface area contributed by atoms with Crippen molar-refractivity contribution in [3.63, 3.8) is 0 Å². The number of carbonyl (C=O) groups is 1. The second-order valence-electron chi connectivity index (χ2n) is 8.06. The van der Waals surface area contributed by atoms with Gasteiger partial charge in [0.1, 0.15) is 25.1 Å². The standard InChI is InChI=1S/C24H25FN4O5/c1-31-22-7-5-19-23(28-22)17(18(25)13-27-19)3-2-8-26-12-16-14-29(24(30)34-16)15-4-6-20-21(11-15)33-10-9-32-20/h4-7,11,13,16,26H,2-3,8-10,12,14H2,1H3. The van der Waals surface area contributed by atoms with Crippen LogP contribution in [0.4, 0.5) is 14.9 Å². The molecule has 1 saturated heterocycles. The Balaban J connectivity index is 1.13. The van der Waals surface area contributed by atoms with Gasteiger partial charge in [0, 0.05) is 24.2 Å². The molecule has 1 unspecified atom stereocenters. The second-order valence-corrected chi connectivity index (χ2v) is 8.06. The number of nitrogens with zero attached hydrogens (tertiary/aromatic N) is 3. The average Bonchev–Trinajstić information content (AvgIpc) is 3.24. The number of methoxy groups -OCH3 is 1. The molecule has 5 rings (SSSR count). The first-order chi connectivity index (χ1) is 16.6. The van der Waals surface area contributed by atoms with Crippen molar-refractivity contribution in [3.8, 4) is 17.4 Å². The first-order valence-corrected chi connectivity index (χ1v) is 11.2. The topological polar surface area (TPSA) is 95.0 Å². The normalized spacial score (nSPS) is 17.2. The van der Waals surface area contributed by atoms with E-state index in [0.29, 0.717) is 85.4 Å². The fourth-order valence-corrected chi connectivity index (χ4v) is 4.12. The lowest BCUT2D eigenvalue weighted by atomic mass is 10.1. The maximum absolute atomic E-state index is 14.4. The molecule has 0 radical (unpaired) electrons. The van der Waals surface area contributed by atoms with Crippen molar-refractivity contribution in [1.29, 1.82) is 0 Å². The van der Waals surface area contributed by atoms with Crippen LogP contribution in [0, 0.1) is 5.82 Å². The van der Waals surface area contributed by atoms with E-state index in [4.69, 9.17) is 18.9 Å². The van der Waals surface area contributed by atoms with E-state index in [9.17, 15) is 9.18 Å². The van der Waals surface area contributed by atoms with Gasteiger partial charge in [-0.1, -0.05) is 0 Å². The van der Waals surface area contributed by atoms with Gasteiger partial charge in [0.05, 0.1) is 36.6 Å². The van der Waals surface area contributed by atoms with Crippen molar-refractivity contribution >= 4 is 22.8 Å². The molecule has 0 bridgehead atoms.